The molecule has 0 radical (unpaired) electrons. The van der Waals surface area contributed by atoms with Crippen LogP contribution in [-0.4, -0.2) is 11.5 Å². The summed E-state index contributed by atoms with van der Waals surface area (Å²) in [6.45, 7) is 8.66. The summed E-state index contributed by atoms with van der Waals surface area (Å²) in [4.78, 5) is 0. The van der Waals surface area contributed by atoms with E-state index in [1.54, 1.807) is 0 Å². The van der Waals surface area contributed by atoms with Crippen molar-refractivity contribution in [2.75, 3.05) is 0 Å². The molecule has 18 heavy (non-hydrogen) atoms. The maximum atomic E-state index is 6.42. The van der Waals surface area contributed by atoms with E-state index in [1.165, 1.54) is 11.1 Å². The molecule has 1 aromatic rings. The molecule has 0 aromatic heterocycles. The normalized spacial score (nSPS) is 25.6. The zero-order chi connectivity index (χ0) is 13.3. The van der Waals surface area contributed by atoms with E-state index in [-0.39, 0.29) is 16.9 Å². The highest BCUT2D eigenvalue weighted by molar-refractivity contribution is 6.21. The van der Waals surface area contributed by atoms with Crippen LogP contribution >= 0.6 is 11.6 Å². The summed E-state index contributed by atoms with van der Waals surface area (Å²) in [5.41, 5.74) is 2.66. The second-order valence-electron chi connectivity index (χ2n) is 5.52. The summed E-state index contributed by atoms with van der Waals surface area (Å²) < 4.78 is 6.22. The predicted molar refractivity (Wildman–Crippen MR) is 77.6 cm³/mol. The fourth-order valence-electron chi connectivity index (χ4n) is 3.10. The molecule has 2 rings (SSSR count). The standard InChI is InChI=1S/C16H23ClO/c1-5-16(6-2)14(17)10-15(16)18-13-8-7-11(3)9-12(13)4/h7-9,14-15H,5-6,10H2,1-4H3. The molecular formula is C16H23ClO. The van der Waals surface area contributed by atoms with Crippen LogP contribution in [0.25, 0.3) is 0 Å². The highest BCUT2D eigenvalue weighted by Crippen LogP contribution is 2.52. The van der Waals surface area contributed by atoms with E-state index in [2.05, 4.69) is 45.9 Å². The third-order valence-electron chi connectivity index (χ3n) is 4.60. The van der Waals surface area contributed by atoms with Gasteiger partial charge >= 0.3 is 0 Å². The van der Waals surface area contributed by atoms with Gasteiger partial charge in [-0.2, -0.15) is 0 Å². The van der Waals surface area contributed by atoms with Crippen molar-refractivity contribution in [3.63, 3.8) is 0 Å². The van der Waals surface area contributed by atoms with Crippen molar-refractivity contribution in [2.45, 2.75) is 58.4 Å². The van der Waals surface area contributed by atoms with Crippen LogP contribution in [0, 0.1) is 19.3 Å². The molecule has 0 N–H and O–H groups in total. The van der Waals surface area contributed by atoms with Gasteiger partial charge in [-0.25, -0.2) is 0 Å². The lowest BCUT2D eigenvalue weighted by molar-refractivity contribution is -0.0465. The first-order valence-electron chi connectivity index (χ1n) is 6.91. The minimum Gasteiger partial charge on any atom is -0.489 e. The monoisotopic (exact) mass is 266 g/mol. The lowest BCUT2D eigenvalue weighted by Crippen LogP contribution is -2.56. The number of rotatable bonds is 4. The van der Waals surface area contributed by atoms with Gasteiger partial charge in [-0.15, -0.1) is 11.6 Å². The van der Waals surface area contributed by atoms with Crippen LogP contribution in [0.15, 0.2) is 18.2 Å². The summed E-state index contributed by atoms with van der Waals surface area (Å²) in [6.07, 6.45) is 3.42. The smallest absolute Gasteiger partial charge is 0.122 e. The molecule has 0 spiro atoms. The van der Waals surface area contributed by atoms with E-state index in [0.717, 1.165) is 25.0 Å². The Hall–Kier alpha value is -0.690. The molecule has 1 nitrogen and oxygen atoms in total. The van der Waals surface area contributed by atoms with Gasteiger partial charge in [0, 0.05) is 17.2 Å². The number of hydrogen-bond donors (Lipinski definition) is 0. The van der Waals surface area contributed by atoms with Crippen molar-refractivity contribution in [3.8, 4) is 5.75 Å². The molecule has 1 fully saturated rings. The number of hydrogen-bond acceptors (Lipinski definition) is 1. The molecule has 1 saturated carbocycles. The van der Waals surface area contributed by atoms with Gasteiger partial charge in [0.15, 0.2) is 0 Å². The molecule has 1 aliphatic carbocycles. The van der Waals surface area contributed by atoms with Crippen LogP contribution in [0.3, 0.4) is 0 Å². The molecule has 0 aliphatic heterocycles. The van der Waals surface area contributed by atoms with Gasteiger partial charge in [-0.05, 0) is 38.3 Å². The molecule has 0 amide bonds. The minimum atomic E-state index is 0.166. The zero-order valence-corrected chi connectivity index (χ0v) is 12.6. The number of benzene rings is 1. The van der Waals surface area contributed by atoms with Gasteiger partial charge in [-0.3, -0.25) is 0 Å². The molecule has 100 valence electrons. The van der Waals surface area contributed by atoms with Crippen LogP contribution in [0.5, 0.6) is 5.75 Å². The van der Waals surface area contributed by atoms with Crippen molar-refractivity contribution in [2.24, 2.45) is 5.41 Å². The Morgan fingerprint density at radius 3 is 2.44 bits per heavy atom. The Bertz CT molecular complexity index is 423. The zero-order valence-electron chi connectivity index (χ0n) is 11.8. The molecular weight excluding hydrogens is 244 g/mol. The maximum absolute atomic E-state index is 6.42. The van der Waals surface area contributed by atoms with Gasteiger partial charge in [0.2, 0.25) is 0 Å². The van der Waals surface area contributed by atoms with Crippen LogP contribution in [0.4, 0.5) is 0 Å². The van der Waals surface area contributed by atoms with E-state index in [0.29, 0.717) is 0 Å². The van der Waals surface area contributed by atoms with Crippen molar-refractivity contribution >= 4 is 11.6 Å². The van der Waals surface area contributed by atoms with E-state index >= 15 is 0 Å². The van der Waals surface area contributed by atoms with Crippen molar-refractivity contribution in [3.05, 3.63) is 29.3 Å². The number of alkyl halides is 1. The quantitative estimate of drug-likeness (QED) is 0.707. The Labute approximate surface area is 115 Å². The van der Waals surface area contributed by atoms with E-state index in [1.807, 2.05) is 0 Å². The Morgan fingerprint density at radius 2 is 1.94 bits per heavy atom. The average Bonchev–Trinajstić information content (AvgIpc) is 2.33. The highest BCUT2D eigenvalue weighted by atomic mass is 35.5. The lowest BCUT2D eigenvalue weighted by Gasteiger charge is -2.52. The number of aryl methyl sites for hydroxylation is 2. The first-order valence-corrected chi connectivity index (χ1v) is 7.35. The van der Waals surface area contributed by atoms with E-state index in [9.17, 15) is 0 Å². The molecule has 2 unspecified atom stereocenters. The Balaban J connectivity index is 2.15. The summed E-state index contributed by atoms with van der Waals surface area (Å²) in [7, 11) is 0. The van der Waals surface area contributed by atoms with Crippen LogP contribution in [0.2, 0.25) is 0 Å². The fraction of sp³-hybridized carbons (Fsp3) is 0.625. The lowest BCUT2D eigenvalue weighted by atomic mass is 9.62. The van der Waals surface area contributed by atoms with E-state index < -0.39 is 0 Å². The third-order valence-corrected chi connectivity index (χ3v) is 5.21. The highest BCUT2D eigenvalue weighted by Gasteiger charge is 2.53. The second kappa shape index (κ2) is 5.13. The summed E-state index contributed by atoms with van der Waals surface area (Å²) in [6, 6.07) is 6.37. The molecule has 2 atom stereocenters. The van der Waals surface area contributed by atoms with Gasteiger partial charge in [-0.1, -0.05) is 31.5 Å². The molecule has 1 aromatic carbocycles. The fourth-order valence-corrected chi connectivity index (χ4v) is 3.71. The van der Waals surface area contributed by atoms with Gasteiger partial charge in [0.25, 0.3) is 0 Å². The van der Waals surface area contributed by atoms with Crippen LogP contribution in [0.1, 0.15) is 44.2 Å². The number of ether oxygens (including phenoxy) is 1. The molecule has 1 aliphatic rings. The predicted octanol–water partition coefficient (Wildman–Crippen LogP) is 4.87. The van der Waals surface area contributed by atoms with Crippen molar-refractivity contribution < 1.29 is 4.74 Å². The largest absolute Gasteiger partial charge is 0.489 e. The first-order chi connectivity index (χ1) is 8.53. The Kier molecular flexibility index (Phi) is 3.91. The second-order valence-corrected chi connectivity index (χ2v) is 6.05. The number of halogens is 1. The molecule has 0 bridgehead atoms. The van der Waals surface area contributed by atoms with Crippen LogP contribution in [-0.2, 0) is 0 Å². The average molecular weight is 267 g/mol. The van der Waals surface area contributed by atoms with Crippen molar-refractivity contribution in [1.29, 1.82) is 0 Å². The SMILES string of the molecule is CCC1(CC)C(Cl)CC1Oc1ccc(C)cc1C. The van der Waals surface area contributed by atoms with Crippen molar-refractivity contribution in [1.82, 2.24) is 0 Å². The van der Waals surface area contributed by atoms with Gasteiger partial charge in [0.05, 0.1) is 0 Å². The molecule has 0 saturated heterocycles. The maximum Gasteiger partial charge on any atom is 0.122 e. The third kappa shape index (κ3) is 2.14. The van der Waals surface area contributed by atoms with Gasteiger partial charge in [0.1, 0.15) is 11.9 Å². The summed E-state index contributed by atoms with van der Waals surface area (Å²) >= 11 is 6.42. The Morgan fingerprint density at radius 1 is 1.28 bits per heavy atom. The topological polar surface area (TPSA) is 9.23 Å². The van der Waals surface area contributed by atoms with Crippen LogP contribution < -0.4 is 4.74 Å². The van der Waals surface area contributed by atoms with Gasteiger partial charge < -0.3 is 4.74 Å². The van der Waals surface area contributed by atoms with E-state index in [4.69, 9.17) is 16.3 Å². The summed E-state index contributed by atoms with van der Waals surface area (Å²) in [5.74, 6) is 1.01. The molecule has 0 heterocycles. The first kappa shape index (κ1) is 13.7. The summed E-state index contributed by atoms with van der Waals surface area (Å²) in [5, 5.41) is 0.267. The minimum absolute atomic E-state index is 0.166. The molecule has 2 heteroatoms.